The highest BCUT2D eigenvalue weighted by Gasteiger charge is 2.13. The van der Waals surface area contributed by atoms with E-state index in [4.69, 9.17) is 0 Å². The third-order valence-electron chi connectivity index (χ3n) is 3.17. The summed E-state index contributed by atoms with van der Waals surface area (Å²) in [5, 5.41) is 3.41. The fourth-order valence-electron chi connectivity index (χ4n) is 1.75. The van der Waals surface area contributed by atoms with Gasteiger partial charge >= 0.3 is 0 Å². The average molecular weight is 205 g/mol. The van der Waals surface area contributed by atoms with E-state index in [9.17, 15) is 0 Å². The second kappa shape index (κ2) is 5.92. The predicted octanol–water partition coefficient (Wildman–Crippen LogP) is 3.34. The summed E-state index contributed by atoms with van der Waals surface area (Å²) in [4.78, 5) is 0. The molecule has 0 saturated heterocycles. The zero-order chi connectivity index (χ0) is 11.3. The molecule has 15 heavy (non-hydrogen) atoms. The molecule has 0 aliphatic heterocycles. The van der Waals surface area contributed by atoms with E-state index in [1.165, 1.54) is 11.1 Å². The van der Waals surface area contributed by atoms with Gasteiger partial charge in [0.15, 0.2) is 0 Å². The van der Waals surface area contributed by atoms with E-state index in [-0.39, 0.29) is 0 Å². The molecule has 0 bridgehead atoms. The van der Waals surface area contributed by atoms with Gasteiger partial charge in [-0.1, -0.05) is 50.6 Å². The Labute approximate surface area is 93.9 Å². The van der Waals surface area contributed by atoms with Gasteiger partial charge in [-0.25, -0.2) is 0 Å². The van der Waals surface area contributed by atoms with E-state index in [1.807, 2.05) is 0 Å². The Balaban J connectivity index is 2.59. The lowest BCUT2D eigenvalue weighted by Crippen LogP contribution is -2.24. The Morgan fingerprint density at radius 3 is 2.27 bits per heavy atom. The first-order chi connectivity index (χ1) is 7.15. The molecular formula is C14H23N. The van der Waals surface area contributed by atoms with Crippen molar-refractivity contribution in [2.45, 2.75) is 33.6 Å². The molecule has 0 aromatic heterocycles. The van der Waals surface area contributed by atoms with Crippen LogP contribution in [0.25, 0.3) is 0 Å². The second-order valence-electron chi connectivity index (χ2n) is 4.48. The fraction of sp³-hybridized carbons (Fsp3) is 0.571. The third kappa shape index (κ3) is 3.67. The SMILES string of the molecule is CCNCC(C)C(C)c1ccc(C)cc1. The fourth-order valence-corrected chi connectivity index (χ4v) is 1.75. The molecule has 0 spiro atoms. The van der Waals surface area contributed by atoms with Crippen molar-refractivity contribution in [2.75, 3.05) is 13.1 Å². The molecule has 2 unspecified atom stereocenters. The van der Waals surface area contributed by atoms with Gasteiger partial charge in [-0.05, 0) is 37.4 Å². The second-order valence-corrected chi connectivity index (χ2v) is 4.48. The normalized spacial score (nSPS) is 14.9. The van der Waals surface area contributed by atoms with Crippen LogP contribution in [0.2, 0.25) is 0 Å². The Bertz CT molecular complexity index is 276. The molecule has 0 amide bonds. The van der Waals surface area contributed by atoms with E-state index < -0.39 is 0 Å². The number of hydrogen-bond donors (Lipinski definition) is 1. The molecule has 1 rings (SSSR count). The van der Waals surface area contributed by atoms with Crippen molar-refractivity contribution in [3.8, 4) is 0 Å². The van der Waals surface area contributed by atoms with Crippen LogP contribution in [-0.4, -0.2) is 13.1 Å². The molecule has 1 aromatic rings. The monoisotopic (exact) mass is 205 g/mol. The highest BCUT2D eigenvalue weighted by atomic mass is 14.8. The molecule has 0 fully saturated rings. The minimum absolute atomic E-state index is 0.629. The summed E-state index contributed by atoms with van der Waals surface area (Å²) in [6, 6.07) is 8.91. The summed E-state index contributed by atoms with van der Waals surface area (Å²) in [6.45, 7) is 11.1. The first-order valence-corrected chi connectivity index (χ1v) is 5.92. The number of aryl methyl sites for hydroxylation is 1. The predicted molar refractivity (Wildman–Crippen MR) is 67.3 cm³/mol. The van der Waals surface area contributed by atoms with Crippen LogP contribution in [0.4, 0.5) is 0 Å². The van der Waals surface area contributed by atoms with E-state index >= 15 is 0 Å². The first kappa shape index (κ1) is 12.3. The quantitative estimate of drug-likeness (QED) is 0.777. The van der Waals surface area contributed by atoms with Crippen molar-refractivity contribution in [3.05, 3.63) is 35.4 Å². The molecule has 0 saturated carbocycles. The number of rotatable bonds is 5. The van der Waals surface area contributed by atoms with E-state index in [1.54, 1.807) is 0 Å². The maximum Gasteiger partial charge on any atom is -0.00175 e. The van der Waals surface area contributed by atoms with Crippen LogP contribution in [0.15, 0.2) is 24.3 Å². The Hall–Kier alpha value is -0.820. The van der Waals surface area contributed by atoms with Crippen molar-refractivity contribution >= 4 is 0 Å². The van der Waals surface area contributed by atoms with Crippen LogP contribution in [0.5, 0.6) is 0 Å². The lowest BCUT2D eigenvalue weighted by Gasteiger charge is -2.20. The Kier molecular flexibility index (Phi) is 4.83. The third-order valence-corrected chi connectivity index (χ3v) is 3.17. The highest BCUT2D eigenvalue weighted by Crippen LogP contribution is 2.23. The van der Waals surface area contributed by atoms with Crippen molar-refractivity contribution in [3.63, 3.8) is 0 Å². The van der Waals surface area contributed by atoms with Crippen LogP contribution >= 0.6 is 0 Å². The lowest BCUT2D eigenvalue weighted by molar-refractivity contribution is 0.454. The molecule has 0 heterocycles. The molecule has 1 heteroatoms. The number of nitrogens with one attached hydrogen (secondary N) is 1. The zero-order valence-electron chi connectivity index (χ0n) is 10.4. The minimum atomic E-state index is 0.629. The first-order valence-electron chi connectivity index (χ1n) is 5.92. The summed E-state index contributed by atoms with van der Waals surface area (Å²) in [6.07, 6.45) is 0. The highest BCUT2D eigenvalue weighted by molar-refractivity contribution is 5.24. The lowest BCUT2D eigenvalue weighted by atomic mass is 9.88. The van der Waals surface area contributed by atoms with Gasteiger partial charge in [0, 0.05) is 0 Å². The summed E-state index contributed by atoms with van der Waals surface area (Å²) < 4.78 is 0. The van der Waals surface area contributed by atoms with Crippen LogP contribution in [0, 0.1) is 12.8 Å². The molecule has 1 nitrogen and oxygen atoms in total. The average Bonchev–Trinajstić information content (AvgIpc) is 2.26. The molecular weight excluding hydrogens is 182 g/mol. The van der Waals surface area contributed by atoms with E-state index in [2.05, 4.69) is 57.3 Å². The van der Waals surface area contributed by atoms with Crippen molar-refractivity contribution in [1.82, 2.24) is 5.32 Å². The van der Waals surface area contributed by atoms with Gasteiger partial charge in [-0.2, -0.15) is 0 Å². The van der Waals surface area contributed by atoms with Crippen LogP contribution in [0.3, 0.4) is 0 Å². The molecule has 1 N–H and O–H groups in total. The van der Waals surface area contributed by atoms with Gasteiger partial charge in [0.25, 0.3) is 0 Å². The van der Waals surface area contributed by atoms with Crippen molar-refractivity contribution < 1.29 is 0 Å². The van der Waals surface area contributed by atoms with Gasteiger partial charge in [0.2, 0.25) is 0 Å². The van der Waals surface area contributed by atoms with Gasteiger partial charge in [-0.3, -0.25) is 0 Å². The van der Waals surface area contributed by atoms with Gasteiger partial charge in [0.1, 0.15) is 0 Å². The molecule has 0 aliphatic carbocycles. The summed E-state index contributed by atoms with van der Waals surface area (Å²) in [5.74, 6) is 1.32. The number of benzene rings is 1. The van der Waals surface area contributed by atoms with Gasteiger partial charge in [0.05, 0.1) is 0 Å². The molecule has 84 valence electrons. The largest absolute Gasteiger partial charge is 0.317 e. The van der Waals surface area contributed by atoms with E-state index in [0.29, 0.717) is 11.8 Å². The van der Waals surface area contributed by atoms with E-state index in [0.717, 1.165) is 13.1 Å². The maximum atomic E-state index is 3.41. The molecule has 1 aromatic carbocycles. The van der Waals surface area contributed by atoms with Gasteiger partial charge < -0.3 is 5.32 Å². The van der Waals surface area contributed by atoms with Crippen molar-refractivity contribution in [1.29, 1.82) is 0 Å². The van der Waals surface area contributed by atoms with Crippen LogP contribution in [0.1, 0.15) is 37.8 Å². The Morgan fingerprint density at radius 2 is 1.73 bits per heavy atom. The molecule has 2 atom stereocenters. The smallest absolute Gasteiger partial charge is 0.00175 e. The van der Waals surface area contributed by atoms with Crippen LogP contribution in [-0.2, 0) is 0 Å². The zero-order valence-corrected chi connectivity index (χ0v) is 10.4. The Morgan fingerprint density at radius 1 is 1.13 bits per heavy atom. The standard InChI is InChI=1S/C14H23N/c1-5-15-10-12(3)13(4)14-8-6-11(2)7-9-14/h6-9,12-13,15H,5,10H2,1-4H3. The van der Waals surface area contributed by atoms with Crippen LogP contribution < -0.4 is 5.32 Å². The minimum Gasteiger partial charge on any atom is -0.317 e. The summed E-state index contributed by atoms with van der Waals surface area (Å²) in [7, 11) is 0. The number of hydrogen-bond acceptors (Lipinski definition) is 1. The maximum absolute atomic E-state index is 3.41. The molecule has 0 aliphatic rings. The topological polar surface area (TPSA) is 12.0 Å². The summed E-state index contributed by atoms with van der Waals surface area (Å²) in [5.41, 5.74) is 2.79. The summed E-state index contributed by atoms with van der Waals surface area (Å²) >= 11 is 0. The van der Waals surface area contributed by atoms with Gasteiger partial charge in [-0.15, -0.1) is 0 Å². The molecule has 0 radical (unpaired) electrons. The van der Waals surface area contributed by atoms with Crippen molar-refractivity contribution in [2.24, 2.45) is 5.92 Å².